The van der Waals surface area contributed by atoms with Gasteiger partial charge in [-0.05, 0) is 44.3 Å². The number of piperidine rings is 1. The van der Waals surface area contributed by atoms with E-state index in [1.165, 1.54) is 18.4 Å². The summed E-state index contributed by atoms with van der Waals surface area (Å²) >= 11 is 0. The second kappa shape index (κ2) is 6.07. The Kier molecular flexibility index (Phi) is 4.45. The van der Waals surface area contributed by atoms with Crippen molar-refractivity contribution in [3.05, 3.63) is 23.8 Å². The molecule has 94 valence electrons. The Balaban J connectivity index is 1.84. The van der Waals surface area contributed by atoms with Crippen LogP contribution in [0.3, 0.4) is 0 Å². The third-order valence-corrected chi connectivity index (χ3v) is 3.47. The van der Waals surface area contributed by atoms with Crippen molar-refractivity contribution in [2.45, 2.75) is 25.7 Å². The lowest BCUT2D eigenvalue weighted by molar-refractivity contribution is 0.130. The summed E-state index contributed by atoms with van der Waals surface area (Å²) in [6.45, 7) is 6.12. The van der Waals surface area contributed by atoms with Crippen LogP contribution >= 0.6 is 0 Å². The normalized spacial score (nSPS) is 18.5. The number of aryl methyl sites for hydroxylation is 1. The van der Waals surface area contributed by atoms with Gasteiger partial charge in [-0.25, -0.2) is 9.97 Å². The van der Waals surface area contributed by atoms with E-state index in [1.807, 2.05) is 19.3 Å². The Morgan fingerprint density at radius 1 is 1.29 bits per heavy atom. The molecule has 0 amide bonds. The van der Waals surface area contributed by atoms with Crippen LogP contribution in [0.15, 0.2) is 12.4 Å². The van der Waals surface area contributed by atoms with Crippen molar-refractivity contribution in [2.24, 2.45) is 0 Å². The van der Waals surface area contributed by atoms with Crippen LogP contribution < -0.4 is 0 Å². The van der Waals surface area contributed by atoms with Crippen LogP contribution in [0, 0.1) is 6.92 Å². The molecular formula is C13H21N3O. The molecule has 0 spiro atoms. The molecule has 0 bridgehead atoms. The minimum atomic E-state index is 0.634. The molecule has 0 aromatic carbocycles. The van der Waals surface area contributed by atoms with E-state index in [2.05, 4.69) is 14.9 Å². The lowest BCUT2D eigenvalue weighted by atomic mass is 9.91. The van der Waals surface area contributed by atoms with E-state index >= 15 is 0 Å². The van der Waals surface area contributed by atoms with Gasteiger partial charge in [0.15, 0.2) is 0 Å². The van der Waals surface area contributed by atoms with E-state index < -0.39 is 0 Å². The highest BCUT2D eigenvalue weighted by atomic mass is 16.5. The maximum Gasteiger partial charge on any atom is 0.125 e. The quantitative estimate of drug-likeness (QED) is 0.794. The first-order chi connectivity index (χ1) is 8.29. The number of ether oxygens (including phenoxy) is 1. The monoisotopic (exact) mass is 235 g/mol. The predicted octanol–water partition coefficient (Wildman–Crippen LogP) is 1.61. The summed E-state index contributed by atoms with van der Waals surface area (Å²) < 4.78 is 5.11. The van der Waals surface area contributed by atoms with E-state index in [0.717, 1.165) is 32.1 Å². The molecular weight excluding hydrogens is 214 g/mol. The van der Waals surface area contributed by atoms with Gasteiger partial charge in [-0.3, -0.25) is 0 Å². The summed E-state index contributed by atoms with van der Waals surface area (Å²) in [6.07, 6.45) is 6.38. The van der Waals surface area contributed by atoms with Crippen LogP contribution in [0.4, 0.5) is 0 Å². The first-order valence-electron chi connectivity index (χ1n) is 6.29. The lowest BCUT2D eigenvalue weighted by Crippen LogP contribution is -2.35. The first kappa shape index (κ1) is 12.5. The molecule has 4 nitrogen and oxygen atoms in total. The van der Waals surface area contributed by atoms with Crippen LogP contribution in [0.5, 0.6) is 0 Å². The molecule has 1 aromatic rings. The topological polar surface area (TPSA) is 38.2 Å². The van der Waals surface area contributed by atoms with E-state index in [0.29, 0.717) is 5.92 Å². The molecule has 0 saturated carbocycles. The van der Waals surface area contributed by atoms with Gasteiger partial charge in [0.25, 0.3) is 0 Å². The second-order valence-corrected chi connectivity index (χ2v) is 4.67. The standard InChI is InChI=1S/C13H21N3O/c1-11-14-9-13(10-15-11)12-3-5-16(6-4-12)7-8-17-2/h9-10,12H,3-8H2,1-2H3. The molecule has 1 aliphatic rings. The Bertz CT molecular complexity index is 331. The minimum absolute atomic E-state index is 0.634. The molecule has 2 heterocycles. The van der Waals surface area contributed by atoms with Crippen LogP contribution in [0.2, 0.25) is 0 Å². The number of methoxy groups -OCH3 is 1. The van der Waals surface area contributed by atoms with Gasteiger partial charge < -0.3 is 9.64 Å². The molecule has 0 unspecified atom stereocenters. The molecule has 1 aliphatic heterocycles. The largest absolute Gasteiger partial charge is 0.383 e. The van der Waals surface area contributed by atoms with E-state index in [-0.39, 0.29) is 0 Å². The zero-order valence-electron chi connectivity index (χ0n) is 10.7. The smallest absolute Gasteiger partial charge is 0.125 e. The lowest BCUT2D eigenvalue weighted by Gasteiger charge is -2.31. The molecule has 1 fully saturated rings. The fourth-order valence-corrected chi connectivity index (χ4v) is 2.32. The van der Waals surface area contributed by atoms with E-state index in [9.17, 15) is 0 Å². The average molecular weight is 235 g/mol. The molecule has 4 heteroatoms. The summed E-state index contributed by atoms with van der Waals surface area (Å²) in [5.74, 6) is 1.49. The van der Waals surface area contributed by atoms with Crippen molar-refractivity contribution in [1.82, 2.24) is 14.9 Å². The van der Waals surface area contributed by atoms with Crippen LogP contribution in [-0.2, 0) is 4.74 Å². The minimum Gasteiger partial charge on any atom is -0.383 e. The molecule has 0 N–H and O–H groups in total. The van der Waals surface area contributed by atoms with Crippen LogP contribution in [0.25, 0.3) is 0 Å². The van der Waals surface area contributed by atoms with Gasteiger partial charge in [-0.1, -0.05) is 0 Å². The van der Waals surface area contributed by atoms with E-state index in [1.54, 1.807) is 7.11 Å². The summed E-state index contributed by atoms with van der Waals surface area (Å²) in [4.78, 5) is 11.0. The maximum atomic E-state index is 5.11. The zero-order chi connectivity index (χ0) is 12.1. The Hall–Kier alpha value is -1.00. The summed E-state index contributed by atoms with van der Waals surface area (Å²) in [7, 11) is 1.76. The second-order valence-electron chi connectivity index (χ2n) is 4.67. The van der Waals surface area contributed by atoms with Gasteiger partial charge >= 0.3 is 0 Å². The zero-order valence-corrected chi connectivity index (χ0v) is 10.7. The Morgan fingerprint density at radius 2 is 1.94 bits per heavy atom. The number of hydrogen-bond acceptors (Lipinski definition) is 4. The molecule has 17 heavy (non-hydrogen) atoms. The third kappa shape index (κ3) is 3.48. The first-order valence-corrected chi connectivity index (χ1v) is 6.29. The van der Waals surface area contributed by atoms with Gasteiger partial charge in [0.2, 0.25) is 0 Å². The maximum absolute atomic E-state index is 5.11. The molecule has 0 aliphatic carbocycles. The van der Waals surface area contributed by atoms with Crippen molar-refractivity contribution < 1.29 is 4.74 Å². The molecule has 0 atom stereocenters. The highest BCUT2D eigenvalue weighted by molar-refractivity contribution is 5.12. The molecule has 1 aromatic heterocycles. The number of rotatable bonds is 4. The molecule has 1 saturated heterocycles. The van der Waals surface area contributed by atoms with Gasteiger partial charge in [-0.2, -0.15) is 0 Å². The molecule has 0 radical (unpaired) electrons. The van der Waals surface area contributed by atoms with Crippen molar-refractivity contribution in [3.63, 3.8) is 0 Å². The van der Waals surface area contributed by atoms with Crippen molar-refractivity contribution in [2.75, 3.05) is 33.4 Å². The van der Waals surface area contributed by atoms with Crippen molar-refractivity contribution in [1.29, 1.82) is 0 Å². The van der Waals surface area contributed by atoms with Crippen molar-refractivity contribution in [3.8, 4) is 0 Å². The highest BCUT2D eigenvalue weighted by Crippen LogP contribution is 2.26. The number of hydrogen-bond donors (Lipinski definition) is 0. The third-order valence-electron chi connectivity index (χ3n) is 3.47. The summed E-state index contributed by atoms with van der Waals surface area (Å²) in [5, 5.41) is 0. The van der Waals surface area contributed by atoms with Gasteiger partial charge in [-0.15, -0.1) is 0 Å². The number of aromatic nitrogens is 2. The van der Waals surface area contributed by atoms with Crippen LogP contribution in [0.1, 0.15) is 30.1 Å². The highest BCUT2D eigenvalue weighted by Gasteiger charge is 2.20. The van der Waals surface area contributed by atoms with Crippen LogP contribution in [-0.4, -0.2) is 48.2 Å². The average Bonchev–Trinajstić information content (AvgIpc) is 2.38. The Morgan fingerprint density at radius 3 is 2.53 bits per heavy atom. The number of nitrogens with zero attached hydrogens (tertiary/aromatic N) is 3. The SMILES string of the molecule is COCCN1CCC(c2cnc(C)nc2)CC1. The summed E-state index contributed by atoms with van der Waals surface area (Å²) in [6, 6.07) is 0. The number of likely N-dealkylation sites (tertiary alicyclic amines) is 1. The molecule has 2 rings (SSSR count). The Labute approximate surface area is 103 Å². The fourth-order valence-electron chi connectivity index (χ4n) is 2.32. The van der Waals surface area contributed by atoms with E-state index in [4.69, 9.17) is 4.74 Å². The van der Waals surface area contributed by atoms with Crippen molar-refractivity contribution >= 4 is 0 Å². The fraction of sp³-hybridized carbons (Fsp3) is 0.692. The van der Waals surface area contributed by atoms with Gasteiger partial charge in [0.1, 0.15) is 5.82 Å². The van der Waals surface area contributed by atoms with Gasteiger partial charge in [0.05, 0.1) is 6.61 Å². The van der Waals surface area contributed by atoms with Gasteiger partial charge in [0, 0.05) is 26.0 Å². The summed E-state index contributed by atoms with van der Waals surface area (Å²) in [5.41, 5.74) is 1.29. The predicted molar refractivity (Wildman–Crippen MR) is 67.1 cm³/mol.